The number of hydrogen-bond acceptors (Lipinski definition) is 4. The molecular formula is C26H28FN5O. The quantitative estimate of drug-likeness (QED) is 0.639. The van der Waals surface area contributed by atoms with Gasteiger partial charge in [0, 0.05) is 11.1 Å². The normalized spacial score (nSPS) is 25.0. The number of nitrogens with one attached hydrogen (secondary N) is 1. The molecule has 0 radical (unpaired) electrons. The van der Waals surface area contributed by atoms with Gasteiger partial charge >= 0.3 is 6.03 Å². The molecule has 0 unspecified atom stereocenters. The number of aromatic nitrogens is 2. The molecule has 0 atom stereocenters. The number of rotatable bonds is 4. The van der Waals surface area contributed by atoms with Gasteiger partial charge in [0.05, 0.1) is 30.2 Å². The molecule has 2 fully saturated rings. The van der Waals surface area contributed by atoms with Crippen molar-refractivity contribution < 1.29 is 9.18 Å². The van der Waals surface area contributed by atoms with E-state index in [9.17, 15) is 9.18 Å². The number of amides is 2. The number of carbonyl (C=O) groups is 1. The van der Waals surface area contributed by atoms with Gasteiger partial charge in [-0.2, -0.15) is 0 Å². The zero-order valence-corrected chi connectivity index (χ0v) is 19.0. The highest BCUT2D eigenvalue weighted by molar-refractivity contribution is 5.95. The minimum absolute atomic E-state index is 0.0232. The zero-order valence-electron chi connectivity index (χ0n) is 19.0. The summed E-state index contributed by atoms with van der Waals surface area (Å²) in [5.74, 6) is 0.205. The van der Waals surface area contributed by atoms with Gasteiger partial charge in [-0.1, -0.05) is 30.3 Å². The number of anilines is 1. The maximum atomic E-state index is 13.2. The molecule has 170 valence electrons. The molecule has 0 bridgehead atoms. The second kappa shape index (κ2) is 8.23. The van der Waals surface area contributed by atoms with Crippen molar-refractivity contribution in [2.24, 2.45) is 0 Å². The largest absolute Gasteiger partial charge is 0.330 e. The molecule has 1 spiro atoms. The Morgan fingerprint density at radius 1 is 0.939 bits per heavy atom. The first kappa shape index (κ1) is 21.5. The van der Waals surface area contributed by atoms with E-state index < -0.39 is 0 Å². The van der Waals surface area contributed by atoms with Crippen LogP contribution < -0.4 is 10.2 Å². The maximum Gasteiger partial charge on any atom is 0.322 e. The number of benzene rings is 2. The zero-order chi connectivity index (χ0) is 23.1. The Morgan fingerprint density at radius 2 is 1.58 bits per heavy atom. The Hall–Kier alpha value is -3.32. The molecule has 1 N–H and O–H groups in total. The lowest BCUT2D eigenvalue weighted by Crippen LogP contribution is -2.54. The Balaban J connectivity index is 1.32. The van der Waals surface area contributed by atoms with Gasteiger partial charge in [0.1, 0.15) is 5.82 Å². The summed E-state index contributed by atoms with van der Waals surface area (Å²) in [5.41, 5.74) is 2.46. The van der Waals surface area contributed by atoms with Gasteiger partial charge in [-0.3, -0.25) is 9.80 Å². The van der Waals surface area contributed by atoms with Crippen LogP contribution in [0.25, 0.3) is 11.4 Å². The first-order valence-corrected chi connectivity index (χ1v) is 11.3. The van der Waals surface area contributed by atoms with E-state index in [4.69, 9.17) is 0 Å². The fraction of sp³-hybridized carbons (Fsp3) is 0.346. The Kier molecular flexibility index (Phi) is 5.37. The van der Waals surface area contributed by atoms with Crippen molar-refractivity contribution in [3.63, 3.8) is 0 Å². The summed E-state index contributed by atoms with van der Waals surface area (Å²) in [6, 6.07) is 16.6. The molecule has 2 heterocycles. The summed E-state index contributed by atoms with van der Waals surface area (Å²) in [6.07, 6.45) is 7.08. The van der Waals surface area contributed by atoms with Gasteiger partial charge in [0.25, 0.3) is 0 Å². The van der Waals surface area contributed by atoms with Crippen molar-refractivity contribution >= 4 is 11.7 Å². The van der Waals surface area contributed by atoms with Gasteiger partial charge < -0.3 is 5.32 Å². The number of carbonyl (C=O) groups excluding carboxylic acids is 1. The predicted octanol–water partition coefficient (Wildman–Crippen LogP) is 4.58. The van der Waals surface area contributed by atoms with Crippen LogP contribution in [0, 0.1) is 5.82 Å². The van der Waals surface area contributed by atoms with Crippen LogP contribution in [0.4, 0.5) is 14.9 Å². The van der Waals surface area contributed by atoms with Crippen molar-refractivity contribution in [2.75, 3.05) is 25.5 Å². The third kappa shape index (κ3) is 3.86. The second-order valence-electron chi connectivity index (χ2n) is 9.36. The molecule has 33 heavy (non-hydrogen) atoms. The van der Waals surface area contributed by atoms with E-state index in [-0.39, 0.29) is 22.9 Å². The van der Waals surface area contributed by atoms with Crippen molar-refractivity contribution in [3.05, 3.63) is 78.4 Å². The average molecular weight is 446 g/mol. The van der Waals surface area contributed by atoms with E-state index >= 15 is 0 Å². The highest BCUT2D eigenvalue weighted by atomic mass is 19.1. The second-order valence-corrected chi connectivity index (χ2v) is 9.36. The fourth-order valence-electron chi connectivity index (χ4n) is 5.29. The minimum atomic E-state index is -0.299. The topological polar surface area (TPSA) is 61.4 Å². The third-order valence-corrected chi connectivity index (χ3v) is 7.33. The molecule has 6 nitrogen and oxygen atoms in total. The number of hydrogen-bond donors (Lipinski definition) is 1. The van der Waals surface area contributed by atoms with Crippen LogP contribution in [0.15, 0.2) is 67.0 Å². The van der Waals surface area contributed by atoms with E-state index in [0.717, 1.165) is 31.2 Å². The number of urea groups is 1. The number of halogens is 1. The van der Waals surface area contributed by atoms with Crippen LogP contribution in [0.1, 0.15) is 31.2 Å². The first-order chi connectivity index (χ1) is 15.9. The fourth-order valence-corrected chi connectivity index (χ4v) is 5.29. The molecule has 2 amide bonds. The molecule has 2 aliphatic rings. The van der Waals surface area contributed by atoms with Crippen LogP contribution in [0.3, 0.4) is 0 Å². The lowest BCUT2D eigenvalue weighted by molar-refractivity contribution is 0.0658. The molecule has 5 rings (SSSR count). The summed E-state index contributed by atoms with van der Waals surface area (Å²) < 4.78 is 13.2. The standard InChI is InChI=1S/C26H28FN5O/c1-31(2)26(20-6-4-3-5-7-20)14-12-25(13-15-26)18-32(24(33)30-25)22-16-28-23(29-17-22)19-8-10-21(27)11-9-19/h3-11,16-17H,12-15,18H2,1-2H3,(H,30,33). The van der Waals surface area contributed by atoms with E-state index in [0.29, 0.717) is 18.1 Å². The highest BCUT2D eigenvalue weighted by Gasteiger charge is 2.50. The summed E-state index contributed by atoms with van der Waals surface area (Å²) in [4.78, 5) is 25.8. The summed E-state index contributed by atoms with van der Waals surface area (Å²) in [7, 11) is 4.29. The van der Waals surface area contributed by atoms with E-state index in [1.54, 1.807) is 29.4 Å². The predicted molar refractivity (Wildman–Crippen MR) is 126 cm³/mol. The Bertz CT molecular complexity index is 1120. The molecule has 3 aromatic rings. The van der Waals surface area contributed by atoms with Crippen LogP contribution in [-0.4, -0.2) is 47.1 Å². The first-order valence-electron chi connectivity index (χ1n) is 11.3. The Morgan fingerprint density at radius 3 is 2.18 bits per heavy atom. The molecule has 1 saturated heterocycles. The molecule has 1 aromatic heterocycles. The van der Waals surface area contributed by atoms with Crippen molar-refractivity contribution in [3.8, 4) is 11.4 Å². The van der Waals surface area contributed by atoms with E-state index in [1.807, 2.05) is 0 Å². The lowest BCUT2D eigenvalue weighted by atomic mass is 9.69. The van der Waals surface area contributed by atoms with Gasteiger partial charge in [0.2, 0.25) is 0 Å². The van der Waals surface area contributed by atoms with Crippen LogP contribution in [-0.2, 0) is 5.54 Å². The molecule has 1 aliphatic carbocycles. The SMILES string of the molecule is CN(C)C1(c2ccccc2)CCC2(CC1)CN(c1cnc(-c3ccc(F)cc3)nc1)C(=O)N2. The van der Waals surface area contributed by atoms with Crippen molar-refractivity contribution in [2.45, 2.75) is 36.8 Å². The van der Waals surface area contributed by atoms with Crippen LogP contribution >= 0.6 is 0 Å². The summed E-state index contributed by atoms with van der Waals surface area (Å²) >= 11 is 0. The van der Waals surface area contributed by atoms with Gasteiger partial charge in [-0.25, -0.2) is 19.2 Å². The lowest BCUT2D eigenvalue weighted by Gasteiger charge is -2.48. The summed E-state index contributed by atoms with van der Waals surface area (Å²) in [6.45, 7) is 0.601. The Labute approximate surface area is 193 Å². The van der Waals surface area contributed by atoms with E-state index in [1.165, 1.54) is 17.7 Å². The third-order valence-electron chi connectivity index (χ3n) is 7.33. The molecule has 1 saturated carbocycles. The highest BCUT2D eigenvalue weighted by Crippen LogP contribution is 2.46. The van der Waals surface area contributed by atoms with Crippen molar-refractivity contribution in [1.29, 1.82) is 0 Å². The monoisotopic (exact) mass is 445 g/mol. The molecule has 7 heteroatoms. The van der Waals surface area contributed by atoms with E-state index in [2.05, 4.69) is 64.6 Å². The molecule has 1 aliphatic heterocycles. The van der Waals surface area contributed by atoms with Crippen LogP contribution in [0.2, 0.25) is 0 Å². The number of nitrogens with zero attached hydrogens (tertiary/aromatic N) is 4. The van der Waals surface area contributed by atoms with Crippen molar-refractivity contribution in [1.82, 2.24) is 20.2 Å². The van der Waals surface area contributed by atoms with Gasteiger partial charge in [-0.05, 0) is 69.6 Å². The molecule has 2 aromatic carbocycles. The maximum absolute atomic E-state index is 13.2. The van der Waals surface area contributed by atoms with Gasteiger partial charge in [0.15, 0.2) is 5.82 Å². The molecular weight excluding hydrogens is 417 g/mol. The van der Waals surface area contributed by atoms with Crippen LogP contribution in [0.5, 0.6) is 0 Å². The minimum Gasteiger partial charge on any atom is -0.330 e. The van der Waals surface area contributed by atoms with Gasteiger partial charge in [-0.15, -0.1) is 0 Å². The summed E-state index contributed by atoms with van der Waals surface area (Å²) in [5, 5.41) is 3.27. The average Bonchev–Trinajstić information content (AvgIpc) is 3.16. The smallest absolute Gasteiger partial charge is 0.322 e.